The first-order chi connectivity index (χ1) is 9.82. The molecule has 0 bridgehead atoms. The average Bonchev–Trinajstić information content (AvgIpc) is 2.85. The Morgan fingerprint density at radius 2 is 2.19 bits per heavy atom. The van der Waals surface area contributed by atoms with E-state index in [4.69, 9.17) is 15.4 Å². The Bertz CT molecular complexity index is 766. The van der Waals surface area contributed by atoms with Gasteiger partial charge in [0.25, 0.3) is 9.05 Å². The van der Waals surface area contributed by atoms with Crippen molar-refractivity contribution in [2.45, 2.75) is 25.0 Å². The van der Waals surface area contributed by atoms with Gasteiger partial charge in [0.15, 0.2) is 5.82 Å². The molecular formula is C11H10BrClFN3O3S. The molecule has 0 amide bonds. The molecule has 2 rings (SSSR count). The van der Waals surface area contributed by atoms with E-state index in [0.29, 0.717) is 12.4 Å². The number of aryl methyl sites for hydroxylation is 1. The van der Waals surface area contributed by atoms with Crippen LogP contribution in [0.25, 0.3) is 0 Å². The number of aromatic nitrogens is 3. The molecule has 0 saturated heterocycles. The van der Waals surface area contributed by atoms with E-state index in [1.807, 2.05) is 6.92 Å². The molecule has 10 heteroatoms. The Morgan fingerprint density at radius 3 is 2.81 bits per heavy atom. The van der Waals surface area contributed by atoms with Crippen LogP contribution in [0.2, 0.25) is 0 Å². The van der Waals surface area contributed by atoms with Gasteiger partial charge in [0, 0.05) is 23.3 Å². The Hall–Kier alpha value is -1.19. The lowest BCUT2D eigenvalue weighted by atomic mass is 10.3. The van der Waals surface area contributed by atoms with Crippen molar-refractivity contribution in [1.82, 2.24) is 14.8 Å². The summed E-state index contributed by atoms with van der Waals surface area (Å²) in [5.41, 5.74) is 0. The predicted octanol–water partition coefficient (Wildman–Crippen LogP) is 2.71. The summed E-state index contributed by atoms with van der Waals surface area (Å²) in [5.74, 6) is -0.277. The molecule has 0 N–H and O–H groups in total. The van der Waals surface area contributed by atoms with E-state index in [9.17, 15) is 12.8 Å². The van der Waals surface area contributed by atoms with Gasteiger partial charge in [-0.2, -0.15) is 5.10 Å². The maximum atomic E-state index is 13.7. The molecule has 2 aromatic rings. The lowest BCUT2D eigenvalue weighted by molar-refractivity contribution is 0.283. The molecule has 114 valence electrons. The van der Waals surface area contributed by atoms with Gasteiger partial charge in [0.2, 0.25) is 0 Å². The summed E-state index contributed by atoms with van der Waals surface area (Å²) in [7, 11) is 0.979. The Kier molecular flexibility index (Phi) is 4.84. The first-order valence-electron chi connectivity index (χ1n) is 5.76. The number of ether oxygens (including phenoxy) is 1. The molecule has 0 aliphatic rings. The molecule has 21 heavy (non-hydrogen) atoms. The first-order valence-corrected chi connectivity index (χ1v) is 8.86. The van der Waals surface area contributed by atoms with Crippen LogP contribution in [0.5, 0.6) is 5.75 Å². The number of nitrogens with zero attached hydrogens (tertiary/aromatic N) is 3. The molecule has 1 aromatic carbocycles. The van der Waals surface area contributed by atoms with E-state index in [2.05, 4.69) is 26.0 Å². The number of hydrogen-bond acceptors (Lipinski definition) is 5. The fourth-order valence-corrected chi connectivity index (χ4v) is 3.13. The third kappa shape index (κ3) is 3.72. The van der Waals surface area contributed by atoms with Gasteiger partial charge < -0.3 is 4.74 Å². The zero-order chi connectivity index (χ0) is 15.6. The number of benzene rings is 1. The molecule has 0 atom stereocenters. The largest absolute Gasteiger partial charge is 0.484 e. The highest BCUT2D eigenvalue weighted by molar-refractivity contribution is 9.10. The summed E-state index contributed by atoms with van der Waals surface area (Å²) < 4.78 is 43.4. The molecule has 0 fully saturated rings. The van der Waals surface area contributed by atoms with Gasteiger partial charge in [-0.15, -0.1) is 0 Å². The average molecular weight is 399 g/mol. The smallest absolute Gasteiger partial charge is 0.264 e. The zero-order valence-electron chi connectivity index (χ0n) is 10.8. The fourth-order valence-electron chi connectivity index (χ4n) is 1.61. The molecule has 6 nitrogen and oxygen atoms in total. The van der Waals surface area contributed by atoms with E-state index in [1.54, 1.807) is 4.68 Å². The molecule has 0 unspecified atom stereocenters. The third-order valence-corrected chi connectivity index (χ3v) is 4.56. The second-order valence-corrected chi connectivity index (χ2v) is 7.32. The molecule has 1 aromatic heterocycles. The summed E-state index contributed by atoms with van der Waals surface area (Å²) in [4.78, 5) is 3.40. The van der Waals surface area contributed by atoms with Crippen LogP contribution in [0.15, 0.2) is 27.8 Å². The Morgan fingerprint density at radius 1 is 1.48 bits per heavy atom. The third-order valence-electron chi connectivity index (χ3n) is 2.60. The van der Waals surface area contributed by atoms with E-state index in [-0.39, 0.29) is 16.8 Å². The second kappa shape index (κ2) is 6.29. The van der Waals surface area contributed by atoms with Crippen LogP contribution >= 0.6 is 26.6 Å². The van der Waals surface area contributed by atoms with Crippen molar-refractivity contribution >= 4 is 35.7 Å². The van der Waals surface area contributed by atoms with Gasteiger partial charge in [-0.25, -0.2) is 22.5 Å². The predicted molar refractivity (Wildman–Crippen MR) is 77.2 cm³/mol. The minimum absolute atomic E-state index is 0.0683. The highest BCUT2D eigenvalue weighted by atomic mass is 79.9. The molecule has 0 saturated carbocycles. The van der Waals surface area contributed by atoms with Crippen LogP contribution in [0, 0.1) is 5.82 Å². The van der Waals surface area contributed by atoms with Crippen molar-refractivity contribution in [2.24, 2.45) is 0 Å². The molecule has 1 heterocycles. The zero-order valence-corrected chi connectivity index (χ0v) is 13.9. The molecule has 0 aliphatic carbocycles. The lowest BCUT2D eigenvalue weighted by Crippen LogP contribution is -2.08. The number of halogens is 3. The molecule has 0 radical (unpaired) electrons. The van der Waals surface area contributed by atoms with Crippen molar-refractivity contribution < 1.29 is 17.5 Å². The number of rotatable bonds is 5. The summed E-state index contributed by atoms with van der Waals surface area (Å²) in [6.45, 7) is 2.59. The first kappa shape index (κ1) is 16.2. The van der Waals surface area contributed by atoms with E-state index in [1.165, 1.54) is 6.33 Å². The number of hydrogen-bond donors (Lipinski definition) is 0. The van der Waals surface area contributed by atoms with E-state index >= 15 is 0 Å². The van der Waals surface area contributed by atoms with Crippen molar-refractivity contribution in [2.75, 3.05) is 0 Å². The van der Waals surface area contributed by atoms with Crippen LogP contribution in [-0.4, -0.2) is 23.2 Å². The summed E-state index contributed by atoms with van der Waals surface area (Å²) in [6, 6.07) is 2.00. The standard InChI is InChI=1S/C11H10BrClFN3O3S/c1-2-17-11(15-6-16-17)5-20-9-4-8(14)10(3-7(9)12)21(13,18)19/h3-4,6H,2,5H2,1H3. The minimum atomic E-state index is -4.16. The highest BCUT2D eigenvalue weighted by Gasteiger charge is 2.19. The summed E-state index contributed by atoms with van der Waals surface area (Å²) >= 11 is 3.12. The topological polar surface area (TPSA) is 74.1 Å². The SMILES string of the molecule is CCn1ncnc1COc1cc(F)c(S(=O)(=O)Cl)cc1Br. The molecule has 0 aliphatic heterocycles. The van der Waals surface area contributed by atoms with Crippen molar-refractivity contribution in [3.05, 3.63) is 34.6 Å². The van der Waals surface area contributed by atoms with Gasteiger partial charge in [-0.3, -0.25) is 0 Å². The summed E-state index contributed by atoms with van der Waals surface area (Å²) in [5, 5.41) is 3.98. The Balaban J connectivity index is 2.24. The van der Waals surface area contributed by atoms with Crippen LogP contribution in [0.3, 0.4) is 0 Å². The highest BCUT2D eigenvalue weighted by Crippen LogP contribution is 2.32. The fraction of sp³-hybridized carbons (Fsp3) is 0.273. The lowest BCUT2D eigenvalue weighted by Gasteiger charge is -2.10. The summed E-state index contributed by atoms with van der Waals surface area (Å²) in [6.07, 6.45) is 1.39. The van der Waals surface area contributed by atoms with Crippen LogP contribution in [-0.2, 0) is 22.2 Å². The van der Waals surface area contributed by atoms with Crippen molar-refractivity contribution in [3.63, 3.8) is 0 Å². The van der Waals surface area contributed by atoms with Crippen LogP contribution in [0.4, 0.5) is 4.39 Å². The van der Waals surface area contributed by atoms with Gasteiger partial charge >= 0.3 is 0 Å². The van der Waals surface area contributed by atoms with Gasteiger partial charge in [0.1, 0.15) is 29.4 Å². The van der Waals surface area contributed by atoms with E-state index in [0.717, 1.165) is 12.1 Å². The van der Waals surface area contributed by atoms with Gasteiger partial charge in [-0.05, 0) is 28.9 Å². The maximum absolute atomic E-state index is 13.7. The second-order valence-electron chi connectivity index (χ2n) is 3.93. The molecular weight excluding hydrogens is 389 g/mol. The normalized spacial score (nSPS) is 11.6. The van der Waals surface area contributed by atoms with Crippen LogP contribution in [0.1, 0.15) is 12.7 Å². The monoisotopic (exact) mass is 397 g/mol. The van der Waals surface area contributed by atoms with Crippen LogP contribution < -0.4 is 4.74 Å². The maximum Gasteiger partial charge on any atom is 0.264 e. The van der Waals surface area contributed by atoms with Gasteiger partial charge in [0.05, 0.1) is 4.47 Å². The molecule has 0 spiro atoms. The van der Waals surface area contributed by atoms with Crippen molar-refractivity contribution in [1.29, 1.82) is 0 Å². The minimum Gasteiger partial charge on any atom is -0.484 e. The van der Waals surface area contributed by atoms with E-state index < -0.39 is 19.8 Å². The van der Waals surface area contributed by atoms with Gasteiger partial charge in [-0.1, -0.05) is 0 Å². The van der Waals surface area contributed by atoms with Crippen molar-refractivity contribution in [3.8, 4) is 5.75 Å². The Labute approximate surface area is 133 Å². The quantitative estimate of drug-likeness (QED) is 0.724.